The van der Waals surface area contributed by atoms with Crippen molar-refractivity contribution in [3.63, 3.8) is 0 Å². The Kier molecular flexibility index (Phi) is 6.98. The van der Waals surface area contributed by atoms with Gasteiger partial charge in [0, 0.05) is 31.4 Å². The molecule has 1 amide bonds. The van der Waals surface area contributed by atoms with Crippen molar-refractivity contribution in [1.82, 2.24) is 10.2 Å². The number of ether oxygens (including phenoxy) is 1. The molecule has 2 aromatic rings. The maximum atomic E-state index is 12.0. The lowest BCUT2D eigenvalue weighted by molar-refractivity contribution is 0.199. The summed E-state index contributed by atoms with van der Waals surface area (Å²) >= 11 is 0. The van der Waals surface area contributed by atoms with Gasteiger partial charge in [0.15, 0.2) is 0 Å². The van der Waals surface area contributed by atoms with Crippen LogP contribution in [0.2, 0.25) is 0 Å². The summed E-state index contributed by atoms with van der Waals surface area (Å²) < 4.78 is 10.7. The van der Waals surface area contributed by atoms with Crippen LogP contribution in [0.1, 0.15) is 56.3 Å². The standard InChI is InChI=1S/C22H31N3O3/c1-4-5-6-7-8-12-23-22(26)28-19-9-10-20-18(14-19)15-24(2)21(25(20)3)17-11-13-27-16-17/h9-11,13-14,16,21H,4-8,12,15H2,1-3H3,(H,23,26). The second kappa shape index (κ2) is 9.64. The summed E-state index contributed by atoms with van der Waals surface area (Å²) in [4.78, 5) is 16.5. The van der Waals surface area contributed by atoms with Crippen LogP contribution >= 0.6 is 0 Å². The van der Waals surface area contributed by atoms with Gasteiger partial charge in [-0.3, -0.25) is 4.90 Å². The second-order valence-corrected chi connectivity index (χ2v) is 7.48. The van der Waals surface area contributed by atoms with Gasteiger partial charge in [0.05, 0.1) is 12.5 Å². The molecule has 3 rings (SSSR count). The number of hydrogen-bond donors (Lipinski definition) is 1. The molecule has 0 saturated carbocycles. The number of carbonyl (C=O) groups is 1. The smallest absolute Gasteiger partial charge is 0.412 e. The molecular formula is C22H31N3O3. The fourth-order valence-corrected chi connectivity index (χ4v) is 3.84. The third kappa shape index (κ3) is 4.87. The predicted molar refractivity (Wildman–Crippen MR) is 111 cm³/mol. The van der Waals surface area contributed by atoms with Crippen molar-refractivity contribution in [3.05, 3.63) is 47.9 Å². The molecule has 2 heterocycles. The molecule has 1 unspecified atom stereocenters. The summed E-state index contributed by atoms with van der Waals surface area (Å²) in [6, 6.07) is 7.82. The number of nitrogens with one attached hydrogen (secondary N) is 1. The van der Waals surface area contributed by atoms with Crippen molar-refractivity contribution in [3.8, 4) is 5.75 Å². The fraction of sp³-hybridized carbons (Fsp3) is 0.500. The van der Waals surface area contributed by atoms with E-state index in [4.69, 9.17) is 9.15 Å². The predicted octanol–water partition coefficient (Wildman–Crippen LogP) is 4.92. The highest BCUT2D eigenvalue weighted by molar-refractivity contribution is 5.71. The highest BCUT2D eigenvalue weighted by Crippen LogP contribution is 2.38. The van der Waals surface area contributed by atoms with Crippen LogP contribution in [0.5, 0.6) is 5.75 Å². The summed E-state index contributed by atoms with van der Waals surface area (Å²) in [5.74, 6) is 0.575. The topological polar surface area (TPSA) is 58.0 Å². The Morgan fingerprint density at radius 1 is 1.21 bits per heavy atom. The molecule has 152 valence electrons. The summed E-state index contributed by atoms with van der Waals surface area (Å²) in [6.45, 7) is 3.62. The van der Waals surface area contributed by atoms with E-state index in [0.29, 0.717) is 12.3 Å². The highest BCUT2D eigenvalue weighted by Gasteiger charge is 2.30. The zero-order chi connectivity index (χ0) is 19.9. The van der Waals surface area contributed by atoms with E-state index in [1.165, 1.54) is 19.3 Å². The Labute approximate surface area is 167 Å². The Balaban J connectivity index is 1.57. The zero-order valence-corrected chi connectivity index (χ0v) is 17.1. The van der Waals surface area contributed by atoms with Crippen molar-refractivity contribution in [2.45, 2.75) is 51.7 Å². The number of amides is 1. The first kappa shape index (κ1) is 20.3. The number of nitrogens with zero attached hydrogens (tertiary/aromatic N) is 2. The molecule has 1 aliphatic heterocycles. The number of hydrogen-bond acceptors (Lipinski definition) is 5. The maximum Gasteiger partial charge on any atom is 0.412 e. The van der Waals surface area contributed by atoms with Gasteiger partial charge in [-0.05, 0) is 43.3 Å². The van der Waals surface area contributed by atoms with Crippen LogP contribution < -0.4 is 15.0 Å². The number of anilines is 1. The van der Waals surface area contributed by atoms with Crippen LogP contribution in [0.4, 0.5) is 10.5 Å². The number of benzene rings is 1. The first-order valence-electron chi connectivity index (χ1n) is 10.1. The minimum atomic E-state index is -0.385. The quantitative estimate of drug-likeness (QED) is 0.654. The van der Waals surface area contributed by atoms with E-state index in [1.807, 2.05) is 24.3 Å². The molecular weight excluding hydrogens is 354 g/mol. The van der Waals surface area contributed by atoms with E-state index in [9.17, 15) is 4.79 Å². The van der Waals surface area contributed by atoms with E-state index in [1.54, 1.807) is 12.5 Å². The molecule has 1 aromatic heterocycles. The molecule has 0 aliphatic carbocycles. The molecule has 0 bridgehead atoms. The Bertz CT molecular complexity index is 760. The normalized spacial score (nSPS) is 16.7. The first-order valence-corrected chi connectivity index (χ1v) is 10.1. The molecule has 0 spiro atoms. The van der Waals surface area contributed by atoms with Crippen LogP contribution in [0, 0.1) is 0 Å². The lowest BCUT2D eigenvalue weighted by atomic mass is 10.0. The summed E-state index contributed by atoms with van der Waals surface area (Å²) in [5, 5.41) is 2.84. The molecule has 0 radical (unpaired) electrons. The maximum absolute atomic E-state index is 12.0. The van der Waals surface area contributed by atoms with E-state index in [-0.39, 0.29) is 12.3 Å². The van der Waals surface area contributed by atoms with Gasteiger partial charge < -0.3 is 19.4 Å². The average Bonchev–Trinajstić information content (AvgIpc) is 3.18. The number of rotatable bonds is 8. The average molecular weight is 386 g/mol. The fourth-order valence-electron chi connectivity index (χ4n) is 3.84. The van der Waals surface area contributed by atoms with Gasteiger partial charge in [-0.2, -0.15) is 0 Å². The minimum Gasteiger partial charge on any atom is -0.472 e. The van der Waals surface area contributed by atoms with Gasteiger partial charge in [0.2, 0.25) is 0 Å². The lowest BCUT2D eigenvalue weighted by Gasteiger charge is -2.42. The van der Waals surface area contributed by atoms with E-state index < -0.39 is 0 Å². The van der Waals surface area contributed by atoms with Crippen molar-refractivity contribution in [1.29, 1.82) is 0 Å². The summed E-state index contributed by atoms with van der Waals surface area (Å²) in [6.07, 6.45) is 9.05. The Morgan fingerprint density at radius 2 is 2.04 bits per heavy atom. The zero-order valence-electron chi connectivity index (χ0n) is 17.1. The van der Waals surface area contributed by atoms with Crippen molar-refractivity contribution >= 4 is 11.8 Å². The van der Waals surface area contributed by atoms with Crippen molar-refractivity contribution in [2.24, 2.45) is 0 Å². The SMILES string of the molecule is CCCCCCCNC(=O)Oc1ccc2c(c1)CN(C)C(c1ccoc1)N2C. The minimum absolute atomic E-state index is 0.119. The molecule has 1 aliphatic rings. The Morgan fingerprint density at radius 3 is 2.79 bits per heavy atom. The van der Waals surface area contributed by atoms with Crippen molar-refractivity contribution < 1.29 is 13.9 Å². The van der Waals surface area contributed by atoms with Gasteiger partial charge in [0.1, 0.15) is 11.9 Å². The monoisotopic (exact) mass is 385 g/mol. The second-order valence-electron chi connectivity index (χ2n) is 7.48. The largest absolute Gasteiger partial charge is 0.472 e. The van der Waals surface area contributed by atoms with Gasteiger partial charge in [0.25, 0.3) is 0 Å². The van der Waals surface area contributed by atoms with E-state index in [0.717, 1.165) is 36.2 Å². The molecule has 6 nitrogen and oxygen atoms in total. The van der Waals surface area contributed by atoms with E-state index >= 15 is 0 Å². The van der Waals surface area contributed by atoms with E-state index in [2.05, 4.69) is 36.1 Å². The van der Waals surface area contributed by atoms with Crippen LogP contribution in [-0.2, 0) is 6.54 Å². The van der Waals surface area contributed by atoms with Crippen LogP contribution in [-0.4, -0.2) is 31.6 Å². The molecule has 0 saturated heterocycles. The molecule has 1 N–H and O–H groups in total. The van der Waals surface area contributed by atoms with Gasteiger partial charge >= 0.3 is 6.09 Å². The molecule has 6 heteroatoms. The third-order valence-electron chi connectivity index (χ3n) is 5.24. The van der Waals surface area contributed by atoms with Crippen molar-refractivity contribution in [2.75, 3.05) is 25.5 Å². The van der Waals surface area contributed by atoms with Crippen LogP contribution in [0.3, 0.4) is 0 Å². The summed E-state index contributed by atoms with van der Waals surface area (Å²) in [5.41, 5.74) is 3.39. The molecule has 28 heavy (non-hydrogen) atoms. The van der Waals surface area contributed by atoms with Crippen LogP contribution in [0.15, 0.2) is 41.2 Å². The Hall–Kier alpha value is -2.47. The van der Waals surface area contributed by atoms with Gasteiger partial charge in [-0.1, -0.05) is 32.6 Å². The highest BCUT2D eigenvalue weighted by atomic mass is 16.6. The molecule has 0 fully saturated rings. The molecule has 1 atom stereocenters. The number of carbonyl (C=O) groups excluding carboxylic acids is 1. The first-order chi connectivity index (χ1) is 13.6. The number of furan rings is 1. The van der Waals surface area contributed by atoms with Crippen LogP contribution in [0.25, 0.3) is 0 Å². The number of unbranched alkanes of at least 4 members (excludes halogenated alkanes) is 4. The summed E-state index contributed by atoms with van der Waals surface area (Å²) in [7, 11) is 4.15. The third-order valence-corrected chi connectivity index (χ3v) is 5.24. The molecule has 1 aromatic carbocycles. The van der Waals surface area contributed by atoms with Gasteiger partial charge in [-0.15, -0.1) is 0 Å². The van der Waals surface area contributed by atoms with Gasteiger partial charge in [-0.25, -0.2) is 4.79 Å². The lowest BCUT2D eigenvalue weighted by Crippen LogP contribution is -2.41. The number of fused-ring (bicyclic) bond motifs is 1.